The second-order valence-electron chi connectivity index (χ2n) is 6.92. The molecular formula is C22H21F2N5O2S. The van der Waals surface area contributed by atoms with Crippen molar-refractivity contribution in [2.24, 2.45) is 0 Å². The van der Waals surface area contributed by atoms with Crippen LogP contribution in [0.2, 0.25) is 0 Å². The molecule has 4 aromatic rings. The Kier molecular flexibility index (Phi) is 7.03. The number of benzene rings is 2. The summed E-state index contributed by atoms with van der Waals surface area (Å²) < 4.78 is 29.5. The van der Waals surface area contributed by atoms with Gasteiger partial charge in [0.15, 0.2) is 0 Å². The first-order valence-electron chi connectivity index (χ1n) is 9.98. The first kappa shape index (κ1) is 21.8. The number of para-hydroxylation sites is 3. The molecule has 0 fully saturated rings. The van der Waals surface area contributed by atoms with Gasteiger partial charge in [0.1, 0.15) is 17.3 Å². The molecule has 32 heavy (non-hydrogen) atoms. The van der Waals surface area contributed by atoms with E-state index in [-0.39, 0.29) is 18.2 Å². The van der Waals surface area contributed by atoms with Gasteiger partial charge in [0, 0.05) is 30.5 Å². The molecule has 0 saturated heterocycles. The second-order valence-corrected chi connectivity index (χ2v) is 7.87. The zero-order valence-electron chi connectivity index (χ0n) is 17.0. The van der Waals surface area contributed by atoms with Crippen LogP contribution in [-0.2, 0) is 19.5 Å². The number of aromatic amines is 1. The lowest BCUT2D eigenvalue weighted by Crippen LogP contribution is -2.24. The van der Waals surface area contributed by atoms with Crippen LogP contribution in [0.3, 0.4) is 0 Å². The van der Waals surface area contributed by atoms with Crippen molar-refractivity contribution in [3.05, 3.63) is 76.0 Å². The number of amides is 1. The highest BCUT2D eigenvalue weighted by Gasteiger charge is 2.13. The van der Waals surface area contributed by atoms with Crippen molar-refractivity contribution in [1.29, 1.82) is 0 Å². The molecule has 0 atom stereocenters. The molecule has 0 saturated carbocycles. The van der Waals surface area contributed by atoms with Crippen LogP contribution in [0.15, 0.2) is 53.9 Å². The number of alkyl halides is 2. The fraction of sp³-hybridized carbons (Fsp3) is 0.227. The summed E-state index contributed by atoms with van der Waals surface area (Å²) in [5, 5.41) is 8.52. The summed E-state index contributed by atoms with van der Waals surface area (Å²) in [7, 11) is 0. The Morgan fingerprint density at radius 1 is 1.09 bits per heavy atom. The fourth-order valence-corrected chi connectivity index (χ4v) is 3.93. The molecule has 1 amide bonds. The number of carbonyl (C=O) groups excluding carboxylic acids is 1. The number of halogens is 2. The SMILES string of the molecule is O=C(NCc1ccccc1OC(F)F)c1csc(CCNCc2nc3ccccc3[nH]2)n1. The van der Waals surface area contributed by atoms with E-state index in [1.54, 1.807) is 23.6 Å². The molecule has 0 unspecified atom stereocenters. The molecule has 0 aliphatic carbocycles. The number of fused-ring (bicyclic) bond motifs is 1. The summed E-state index contributed by atoms with van der Waals surface area (Å²) in [4.78, 5) is 24.5. The lowest BCUT2D eigenvalue weighted by molar-refractivity contribution is -0.0504. The number of hydrogen-bond donors (Lipinski definition) is 3. The maximum Gasteiger partial charge on any atom is 0.387 e. The molecular weight excluding hydrogens is 436 g/mol. The number of nitrogens with zero attached hydrogens (tertiary/aromatic N) is 2. The second kappa shape index (κ2) is 10.3. The number of imidazole rings is 1. The van der Waals surface area contributed by atoms with Crippen molar-refractivity contribution < 1.29 is 18.3 Å². The summed E-state index contributed by atoms with van der Waals surface area (Å²) in [6.45, 7) is -1.57. The number of H-pyrrole nitrogens is 1. The molecule has 7 nitrogen and oxygen atoms in total. The number of thiazole rings is 1. The van der Waals surface area contributed by atoms with Gasteiger partial charge in [-0.2, -0.15) is 8.78 Å². The number of aromatic nitrogens is 3. The highest BCUT2D eigenvalue weighted by molar-refractivity contribution is 7.09. The van der Waals surface area contributed by atoms with Gasteiger partial charge in [-0.3, -0.25) is 4.79 Å². The average Bonchev–Trinajstić information content (AvgIpc) is 3.42. The summed E-state index contributed by atoms with van der Waals surface area (Å²) in [6.07, 6.45) is 0.670. The number of carbonyl (C=O) groups is 1. The van der Waals surface area contributed by atoms with Crippen LogP contribution in [-0.4, -0.2) is 34.0 Å². The van der Waals surface area contributed by atoms with E-state index < -0.39 is 6.61 Å². The quantitative estimate of drug-likeness (QED) is 0.314. The van der Waals surface area contributed by atoms with Crippen molar-refractivity contribution in [1.82, 2.24) is 25.6 Å². The highest BCUT2D eigenvalue weighted by Crippen LogP contribution is 2.20. The molecule has 2 aromatic heterocycles. The predicted octanol–water partition coefficient (Wildman–Crippen LogP) is 3.88. The average molecular weight is 458 g/mol. The summed E-state index contributed by atoms with van der Waals surface area (Å²) in [5.41, 5.74) is 2.70. The molecule has 2 heterocycles. The van der Waals surface area contributed by atoms with Gasteiger partial charge in [-0.05, 0) is 18.2 Å². The first-order valence-corrected chi connectivity index (χ1v) is 10.9. The van der Waals surface area contributed by atoms with Gasteiger partial charge < -0.3 is 20.4 Å². The van der Waals surface area contributed by atoms with Crippen molar-refractivity contribution in [2.45, 2.75) is 26.1 Å². The smallest absolute Gasteiger partial charge is 0.387 e. The lowest BCUT2D eigenvalue weighted by Gasteiger charge is -2.10. The minimum Gasteiger partial charge on any atom is -0.434 e. The van der Waals surface area contributed by atoms with E-state index in [1.165, 1.54) is 17.4 Å². The third kappa shape index (κ3) is 5.65. The van der Waals surface area contributed by atoms with Crippen LogP contribution in [0.1, 0.15) is 26.9 Å². The van der Waals surface area contributed by atoms with Gasteiger partial charge in [0.25, 0.3) is 5.91 Å². The summed E-state index contributed by atoms with van der Waals surface area (Å²) >= 11 is 1.40. The van der Waals surface area contributed by atoms with E-state index in [2.05, 4.69) is 30.3 Å². The lowest BCUT2D eigenvalue weighted by atomic mass is 10.2. The van der Waals surface area contributed by atoms with Crippen LogP contribution in [0.4, 0.5) is 8.78 Å². The van der Waals surface area contributed by atoms with E-state index in [0.717, 1.165) is 21.9 Å². The normalized spacial score (nSPS) is 11.2. The van der Waals surface area contributed by atoms with Gasteiger partial charge in [-0.15, -0.1) is 11.3 Å². The fourth-order valence-electron chi connectivity index (χ4n) is 3.15. The molecule has 0 aliphatic rings. The molecule has 166 valence electrons. The zero-order valence-corrected chi connectivity index (χ0v) is 17.8. The summed E-state index contributed by atoms with van der Waals surface area (Å²) in [6, 6.07) is 14.2. The Hall–Kier alpha value is -3.37. The zero-order chi connectivity index (χ0) is 22.3. The Morgan fingerprint density at radius 3 is 2.75 bits per heavy atom. The van der Waals surface area contributed by atoms with Gasteiger partial charge in [0.2, 0.25) is 0 Å². The maximum atomic E-state index is 12.5. The van der Waals surface area contributed by atoms with Gasteiger partial charge in [-0.1, -0.05) is 30.3 Å². The predicted molar refractivity (Wildman–Crippen MR) is 118 cm³/mol. The topological polar surface area (TPSA) is 91.9 Å². The van der Waals surface area contributed by atoms with Crippen LogP contribution in [0.5, 0.6) is 5.75 Å². The number of ether oxygens (including phenoxy) is 1. The number of nitrogens with one attached hydrogen (secondary N) is 3. The first-order chi connectivity index (χ1) is 15.6. The molecule has 10 heteroatoms. The van der Waals surface area contributed by atoms with Crippen LogP contribution >= 0.6 is 11.3 Å². The number of hydrogen-bond acceptors (Lipinski definition) is 6. The standard InChI is InChI=1S/C22H21F2N5O2S/c23-22(24)31-18-8-4-1-5-14(18)11-26-21(30)17-13-32-20(29-17)9-10-25-12-19-27-15-6-2-3-7-16(15)28-19/h1-8,13,22,25H,9-12H2,(H,26,30)(H,27,28). The van der Waals surface area contributed by atoms with Crippen LogP contribution in [0.25, 0.3) is 11.0 Å². The molecule has 0 radical (unpaired) electrons. The van der Waals surface area contributed by atoms with Crippen LogP contribution in [0, 0.1) is 0 Å². The minimum atomic E-state index is -2.92. The largest absolute Gasteiger partial charge is 0.434 e. The Balaban J connectivity index is 1.24. The monoisotopic (exact) mass is 457 g/mol. The van der Waals surface area contributed by atoms with E-state index in [1.807, 2.05) is 24.3 Å². The van der Waals surface area contributed by atoms with E-state index >= 15 is 0 Å². The molecule has 0 spiro atoms. The van der Waals surface area contributed by atoms with E-state index in [0.29, 0.717) is 30.8 Å². The Labute approximate surface area is 186 Å². The van der Waals surface area contributed by atoms with E-state index in [9.17, 15) is 13.6 Å². The molecule has 0 aliphatic heterocycles. The molecule has 2 aromatic carbocycles. The molecule has 3 N–H and O–H groups in total. The van der Waals surface area contributed by atoms with E-state index in [4.69, 9.17) is 0 Å². The molecule has 4 rings (SSSR count). The third-order valence-corrected chi connectivity index (χ3v) is 5.57. The van der Waals surface area contributed by atoms with Gasteiger partial charge >= 0.3 is 6.61 Å². The number of rotatable bonds is 10. The van der Waals surface area contributed by atoms with Crippen molar-refractivity contribution in [2.75, 3.05) is 6.54 Å². The van der Waals surface area contributed by atoms with Crippen LogP contribution < -0.4 is 15.4 Å². The highest BCUT2D eigenvalue weighted by atomic mass is 32.1. The molecule has 0 bridgehead atoms. The Bertz CT molecular complexity index is 1160. The van der Waals surface area contributed by atoms with Gasteiger partial charge in [0.05, 0.1) is 22.6 Å². The minimum absolute atomic E-state index is 0.0392. The van der Waals surface area contributed by atoms with Crippen molar-refractivity contribution in [3.8, 4) is 5.75 Å². The van der Waals surface area contributed by atoms with Crippen molar-refractivity contribution >= 4 is 28.3 Å². The Morgan fingerprint density at radius 2 is 1.91 bits per heavy atom. The summed E-state index contributed by atoms with van der Waals surface area (Å²) in [5.74, 6) is 0.536. The maximum absolute atomic E-state index is 12.5. The van der Waals surface area contributed by atoms with Crippen molar-refractivity contribution in [3.63, 3.8) is 0 Å². The van der Waals surface area contributed by atoms with Gasteiger partial charge in [-0.25, -0.2) is 9.97 Å². The third-order valence-electron chi connectivity index (χ3n) is 4.66.